The van der Waals surface area contributed by atoms with Crippen molar-refractivity contribution in [2.75, 3.05) is 0 Å². The minimum absolute atomic E-state index is 0.246. The Balaban J connectivity index is 1.82. The summed E-state index contributed by atoms with van der Waals surface area (Å²) in [6.07, 6.45) is 5.94. The van der Waals surface area contributed by atoms with Crippen LogP contribution in [0.25, 0.3) is 11.1 Å². The van der Waals surface area contributed by atoms with Crippen LogP contribution in [0.3, 0.4) is 0 Å². The Hall–Kier alpha value is -1.60. The molecule has 1 aliphatic rings. The molecule has 0 spiro atoms. The SMILES string of the molecule is CCCCc1ccc(-c2ccc3c(c2)CCC3N)cc1. The van der Waals surface area contributed by atoms with E-state index in [1.54, 1.807) is 0 Å². The molecule has 3 rings (SSSR count). The van der Waals surface area contributed by atoms with E-state index in [9.17, 15) is 0 Å². The van der Waals surface area contributed by atoms with Crippen LogP contribution in [0.4, 0.5) is 0 Å². The number of nitrogens with two attached hydrogens (primary N) is 1. The first-order chi connectivity index (χ1) is 9.78. The number of benzene rings is 2. The summed E-state index contributed by atoms with van der Waals surface area (Å²) in [4.78, 5) is 0. The highest BCUT2D eigenvalue weighted by Gasteiger charge is 2.18. The van der Waals surface area contributed by atoms with Crippen LogP contribution < -0.4 is 5.73 Å². The van der Waals surface area contributed by atoms with Gasteiger partial charge in [-0.3, -0.25) is 0 Å². The fraction of sp³-hybridized carbons (Fsp3) is 0.368. The van der Waals surface area contributed by atoms with E-state index in [1.165, 1.54) is 47.1 Å². The van der Waals surface area contributed by atoms with E-state index in [0.717, 1.165) is 12.8 Å². The summed E-state index contributed by atoms with van der Waals surface area (Å²) in [5, 5.41) is 0. The molecule has 0 aromatic heterocycles. The van der Waals surface area contributed by atoms with Gasteiger partial charge in [-0.05, 0) is 53.5 Å². The van der Waals surface area contributed by atoms with E-state index in [4.69, 9.17) is 5.73 Å². The second-order valence-electron chi connectivity index (χ2n) is 5.86. The zero-order chi connectivity index (χ0) is 13.9. The van der Waals surface area contributed by atoms with Gasteiger partial charge in [-0.2, -0.15) is 0 Å². The van der Waals surface area contributed by atoms with Crippen LogP contribution in [0.2, 0.25) is 0 Å². The third-order valence-corrected chi connectivity index (χ3v) is 4.37. The summed E-state index contributed by atoms with van der Waals surface area (Å²) < 4.78 is 0. The molecule has 0 aliphatic heterocycles. The molecule has 104 valence electrons. The van der Waals surface area contributed by atoms with Gasteiger partial charge in [-0.15, -0.1) is 0 Å². The fourth-order valence-corrected chi connectivity index (χ4v) is 3.07. The average Bonchev–Trinajstić information content (AvgIpc) is 2.86. The number of unbranched alkanes of at least 4 members (excludes halogenated alkanes) is 1. The summed E-state index contributed by atoms with van der Waals surface area (Å²) in [5.74, 6) is 0. The maximum absolute atomic E-state index is 6.10. The Kier molecular flexibility index (Phi) is 3.88. The van der Waals surface area contributed by atoms with Crippen molar-refractivity contribution >= 4 is 0 Å². The van der Waals surface area contributed by atoms with Gasteiger partial charge in [0.15, 0.2) is 0 Å². The predicted octanol–water partition coefficient (Wildman–Crippen LogP) is 4.64. The van der Waals surface area contributed by atoms with Gasteiger partial charge in [-0.1, -0.05) is 55.8 Å². The normalized spacial score (nSPS) is 17.2. The smallest absolute Gasteiger partial charge is 0.0300 e. The minimum atomic E-state index is 0.246. The summed E-state index contributed by atoms with van der Waals surface area (Å²) in [7, 11) is 0. The maximum atomic E-state index is 6.10. The molecule has 0 bridgehead atoms. The van der Waals surface area contributed by atoms with Gasteiger partial charge in [0, 0.05) is 6.04 Å². The molecule has 2 aromatic carbocycles. The Morgan fingerprint density at radius 1 is 1.05 bits per heavy atom. The van der Waals surface area contributed by atoms with Gasteiger partial charge in [-0.25, -0.2) is 0 Å². The second-order valence-corrected chi connectivity index (χ2v) is 5.86. The Bertz CT molecular complexity index is 583. The zero-order valence-corrected chi connectivity index (χ0v) is 12.2. The van der Waals surface area contributed by atoms with Gasteiger partial charge in [0.05, 0.1) is 0 Å². The first-order valence-corrected chi connectivity index (χ1v) is 7.75. The lowest BCUT2D eigenvalue weighted by atomic mass is 9.98. The zero-order valence-electron chi connectivity index (χ0n) is 12.2. The van der Waals surface area contributed by atoms with Gasteiger partial charge < -0.3 is 5.73 Å². The third-order valence-electron chi connectivity index (χ3n) is 4.37. The number of hydrogen-bond donors (Lipinski definition) is 1. The van der Waals surface area contributed by atoms with Crippen molar-refractivity contribution < 1.29 is 0 Å². The molecule has 1 unspecified atom stereocenters. The molecular weight excluding hydrogens is 242 g/mol. The van der Waals surface area contributed by atoms with Crippen LogP contribution >= 0.6 is 0 Å². The number of aryl methyl sites for hydroxylation is 2. The molecule has 0 saturated heterocycles. The van der Waals surface area contributed by atoms with Crippen LogP contribution in [0.5, 0.6) is 0 Å². The van der Waals surface area contributed by atoms with Crippen LogP contribution in [0.1, 0.15) is 48.9 Å². The molecule has 0 amide bonds. The summed E-state index contributed by atoms with van der Waals surface area (Å²) in [6, 6.07) is 16.0. The highest BCUT2D eigenvalue weighted by molar-refractivity contribution is 5.65. The molecule has 2 aromatic rings. The fourth-order valence-electron chi connectivity index (χ4n) is 3.07. The molecule has 1 atom stereocenters. The molecule has 0 heterocycles. The molecule has 0 fully saturated rings. The van der Waals surface area contributed by atoms with Crippen LogP contribution in [0, 0.1) is 0 Å². The van der Waals surface area contributed by atoms with Crippen molar-refractivity contribution in [3.63, 3.8) is 0 Å². The van der Waals surface area contributed by atoms with E-state index in [-0.39, 0.29) is 6.04 Å². The lowest BCUT2D eigenvalue weighted by Crippen LogP contribution is -2.04. The molecule has 20 heavy (non-hydrogen) atoms. The van der Waals surface area contributed by atoms with Crippen molar-refractivity contribution in [3.8, 4) is 11.1 Å². The topological polar surface area (TPSA) is 26.0 Å². The van der Waals surface area contributed by atoms with E-state index < -0.39 is 0 Å². The first-order valence-electron chi connectivity index (χ1n) is 7.75. The van der Waals surface area contributed by atoms with E-state index in [1.807, 2.05) is 0 Å². The van der Waals surface area contributed by atoms with Gasteiger partial charge >= 0.3 is 0 Å². The Morgan fingerprint density at radius 3 is 2.55 bits per heavy atom. The van der Waals surface area contributed by atoms with E-state index in [0.29, 0.717) is 0 Å². The molecular formula is C19H23N. The van der Waals surface area contributed by atoms with E-state index in [2.05, 4.69) is 49.4 Å². The lowest BCUT2D eigenvalue weighted by molar-refractivity contribution is 0.713. The van der Waals surface area contributed by atoms with E-state index >= 15 is 0 Å². The highest BCUT2D eigenvalue weighted by Crippen LogP contribution is 2.32. The van der Waals surface area contributed by atoms with Crippen LogP contribution in [-0.4, -0.2) is 0 Å². The van der Waals surface area contributed by atoms with Crippen molar-refractivity contribution in [3.05, 3.63) is 59.2 Å². The van der Waals surface area contributed by atoms with Crippen LogP contribution in [0.15, 0.2) is 42.5 Å². The molecule has 1 aliphatic carbocycles. The molecule has 1 heteroatoms. The lowest BCUT2D eigenvalue weighted by Gasteiger charge is -2.08. The molecule has 1 nitrogen and oxygen atoms in total. The average molecular weight is 265 g/mol. The third kappa shape index (κ3) is 2.64. The molecule has 0 radical (unpaired) electrons. The maximum Gasteiger partial charge on any atom is 0.0300 e. The summed E-state index contributed by atoms with van der Waals surface area (Å²) >= 11 is 0. The standard InChI is InChI=1S/C19H23N/c1-2-3-4-14-5-7-15(8-6-14)16-9-11-18-17(13-16)10-12-19(18)20/h5-9,11,13,19H,2-4,10,12,20H2,1H3. The minimum Gasteiger partial charge on any atom is -0.324 e. The van der Waals surface area contributed by atoms with Crippen molar-refractivity contribution in [1.82, 2.24) is 0 Å². The number of rotatable bonds is 4. The van der Waals surface area contributed by atoms with Crippen LogP contribution in [-0.2, 0) is 12.8 Å². The second kappa shape index (κ2) is 5.80. The van der Waals surface area contributed by atoms with Crippen molar-refractivity contribution in [1.29, 1.82) is 0 Å². The number of fused-ring (bicyclic) bond motifs is 1. The largest absolute Gasteiger partial charge is 0.324 e. The van der Waals surface area contributed by atoms with Crippen molar-refractivity contribution in [2.24, 2.45) is 5.73 Å². The molecule has 0 saturated carbocycles. The predicted molar refractivity (Wildman–Crippen MR) is 85.7 cm³/mol. The van der Waals surface area contributed by atoms with Gasteiger partial charge in [0.25, 0.3) is 0 Å². The highest BCUT2D eigenvalue weighted by atomic mass is 14.6. The van der Waals surface area contributed by atoms with Gasteiger partial charge in [0.2, 0.25) is 0 Å². The van der Waals surface area contributed by atoms with Gasteiger partial charge in [0.1, 0.15) is 0 Å². The Morgan fingerprint density at radius 2 is 1.80 bits per heavy atom. The quantitative estimate of drug-likeness (QED) is 0.856. The summed E-state index contributed by atoms with van der Waals surface area (Å²) in [6.45, 7) is 2.24. The molecule has 2 N–H and O–H groups in total. The first kappa shape index (κ1) is 13.4. The monoisotopic (exact) mass is 265 g/mol. The number of hydrogen-bond acceptors (Lipinski definition) is 1. The summed E-state index contributed by atoms with van der Waals surface area (Å²) in [5.41, 5.74) is 13.0. The Labute approximate surface area is 121 Å². The van der Waals surface area contributed by atoms with Crippen molar-refractivity contribution in [2.45, 2.75) is 45.1 Å².